The Balaban J connectivity index is 1.04. The lowest BCUT2D eigenvalue weighted by Gasteiger charge is -2.45. The fraction of sp³-hybridized carbons (Fsp3) is 0.478. The zero-order valence-electron chi connectivity index (χ0n) is 23.1. The molecule has 45 heavy (non-hydrogen) atoms. The van der Waals surface area contributed by atoms with Crippen LogP contribution in [0.4, 0.5) is 5.82 Å². The minimum atomic E-state index is -3.89. The number of aromatic nitrogens is 9. The Morgan fingerprint density at radius 3 is 2.69 bits per heavy atom. The van der Waals surface area contributed by atoms with Gasteiger partial charge in [0.05, 0.1) is 38.6 Å². The van der Waals surface area contributed by atoms with Crippen molar-refractivity contribution in [1.82, 2.24) is 43.4 Å². The molecule has 8 atom stereocenters. The van der Waals surface area contributed by atoms with Gasteiger partial charge in [0.25, 0.3) is 5.56 Å². The summed E-state index contributed by atoms with van der Waals surface area (Å²) in [5.74, 6) is 0.130. The number of anilines is 1. The zero-order valence-corrected chi connectivity index (χ0v) is 26.6. The molecule has 3 fully saturated rings. The molecule has 2 saturated heterocycles. The molecule has 5 aromatic rings. The predicted molar refractivity (Wildman–Crippen MR) is 164 cm³/mol. The average molecular weight is 697 g/mol. The number of aromatic amines is 1. The van der Waals surface area contributed by atoms with Gasteiger partial charge in [-0.25, -0.2) is 33.9 Å². The van der Waals surface area contributed by atoms with Crippen LogP contribution in [0.15, 0.2) is 36.2 Å². The molecule has 2 unspecified atom stereocenters. The van der Waals surface area contributed by atoms with E-state index in [2.05, 4.69) is 42.2 Å². The normalized spacial score (nSPS) is 34.5. The summed E-state index contributed by atoms with van der Waals surface area (Å²) in [6, 6.07) is -0.223. The average Bonchev–Trinajstić information content (AvgIpc) is 3.77. The quantitative estimate of drug-likeness (QED) is 0.153. The van der Waals surface area contributed by atoms with E-state index in [0.717, 1.165) is 0 Å². The van der Waals surface area contributed by atoms with Crippen molar-refractivity contribution >= 4 is 71.5 Å². The summed E-state index contributed by atoms with van der Waals surface area (Å²) in [4.78, 5) is 48.2. The van der Waals surface area contributed by atoms with E-state index in [4.69, 9.17) is 40.4 Å². The van der Waals surface area contributed by atoms with E-state index in [1.807, 2.05) is 4.57 Å². The highest BCUT2D eigenvalue weighted by atomic mass is 32.7. The first-order chi connectivity index (χ1) is 21.6. The highest BCUT2D eigenvalue weighted by molar-refractivity contribution is 8.44. The number of rotatable bonds is 2. The molecule has 22 heteroatoms. The van der Waals surface area contributed by atoms with Gasteiger partial charge in [0.1, 0.15) is 29.8 Å². The third kappa shape index (κ3) is 5.22. The number of thiol groups is 1. The number of imidazole rings is 3. The second-order valence-electron chi connectivity index (χ2n) is 11.0. The SMILES string of the molecule is Nc1ncnc2c1ncn2[C@H]1C[C@@H]2OP(O)(=S)OC[C@H]3C[C@@H](n4cnc5c(=O)n6ccnc6[nH]c54)[C@@H]3COP(=O)(S)OC[C@H]2O1. The van der Waals surface area contributed by atoms with Crippen LogP contribution in [-0.2, 0) is 39.2 Å². The van der Waals surface area contributed by atoms with Crippen molar-refractivity contribution in [3.05, 3.63) is 41.7 Å². The Labute approximate surface area is 263 Å². The van der Waals surface area contributed by atoms with Crippen molar-refractivity contribution in [3.63, 3.8) is 0 Å². The maximum atomic E-state index is 13.3. The van der Waals surface area contributed by atoms with Crippen LogP contribution in [0.3, 0.4) is 0 Å². The molecule has 7 heterocycles. The lowest BCUT2D eigenvalue weighted by atomic mass is 9.70. The Hall–Kier alpha value is -2.77. The largest absolute Gasteiger partial charge is 0.386 e. The van der Waals surface area contributed by atoms with Crippen molar-refractivity contribution in [3.8, 4) is 0 Å². The molecule has 2 aliphatic heterocycles. The molecule has 8 rings (SSSR count). The number of nitrogens with one attached hydrogen (secondary N) is 1. The van der Waals surface area contributed by atoms with E-state index in [-0.39, 0.29) is 61.0 Å². The molecule has 0 amide bonds. The maximum absolute atomic E-state index is 13.3. The van der Waals surface area contributed by atoms with Gasteiger partial charge in [0.2, 0.25) is 5.78 Å². The Bertz CT molecular complexity index is 2100. The number of fused-ring (bicyclic) bond motifs is 5. The van der Waals surface area contributed by atoms with Crippen LogP contribution < -0.4 is 11.3 Å². The number of nitrogen functional groups attached to an aromatic ring is 1. The van der Waals surface area contributed by atoms with E-state index in [1.165, 1.54) is 23.3 Å². The van der Waals surface area contributed by atoms with Crippen LogP contribution in [-0.4, -0.2) is 80.4 Å². The van der Waals surface area contributed by atoms with Gasteiger partial charge in [-0.1, -0.05) is 12.2 Å². The molecular formula is C23H26N10O8P2S2. The topological polar surface area (TPSA) is 221 Å². The lowest BCUT2D eigenvalue weighted by Crippen LogP contribution is -2.43. The van der Waals surface area contributed by atoms with Gasteiger partial charge in [0.15, 0.2) is 17.0 Å². The minimum Gasteiger partial charge on any atom is -0.382 e. The molecule has 0 bridgehead atoms. The molecule has 1 saturated carbocycles. The molecule has 1 aliphatic carbocycles. The van der Waals surface area contributed by atoms with Crippen molar-refractivity contribution in [2.75, 3.05) is 25.6 Å². The van der Waals surface area contributed by atoms with Gasteiger partial charge in [-0.15, -0.1) is 0 Å². The number of nitrogens with zero attached hydrogens (tertiary/aromatic N) is 8. The number of nitrogens with two attached hydrogens (primary N) is 1. The first-order valence-electron chi connectivity index (χ1n) is 13.8. The number of ether oxygens (including phenoxy) is 1. The summed E-state index contributed by atoms with van der Waals surface area (Å²) in [6.07, 6.45) is 5.98. The third-order valence-corrected chi connectivity index (χ3v) is 11.7. The molecule has 0 aromatic carbocycles. The second-order valence-corrected chi connectivity index (χ2v) is 16.8. The van der Waals surface area contributed by atoms with Gasteiger partial charge in [0, 0.05) is 30.8 Å². The van der Waals surface area contributed by atoms with Gasteiger partial charge in [-0.2, -0.15) is 0 Å². The van der Waals surface area contributed by atoms with Gasteiger partial charge >= 0.3 is 13.5 Å². The number of H-pyrrole nitrogens is 1. The van der Waals surface area contributed by atoms with Gasteiger partial charge in [-0.3, -0.25) is 13.9 Å². The van der Waals surface area contributed by atoms with E-state index in [9.17, 15) is 14.3 Å². The van der Waals surface area contributed by atoms with Crippen molar-refractivity contribution < 1.29 is 32.3 Å². The fourth-order valence-electron chi connectivity index (χ4n) is 6.20. The van der Waals surface area contributed by atoms with Crippen LogP contribution in [0.2, 0.25) is 0 Å². The summed E-state index contributed by atoms with van der Waals surface area (Å²) in [7, 11) is 0. The first-order valence-corrected chi connectivity index (χ1v) is 19.1. The number of hydrogen-bond acceptors (Lipinski definition) is 14. The van der Waals surface area contributed by atoms with Crippen LogP contribution in [0.25, 0.3) is 28.1 Å². The standard InChI is InChI=1S/C23H26N10O8P2S2/c24-19-17-20(27-8-26-19)33(10-28-17)16-4-14-15(40-16)7-39-42(35,44)38-6-12-11(5-37-43(36,45)41-14)3-13(12)32-9-29-18-21(32)30-23-25-1-2-31(23)22(18)34/h1-2,8-16H,3-7H2,(H,25,30)(H,35,44)(H,36,45)(H2,24,26,27)/t11-,12-,13-,14+,15-,16-,42?,43?/m1/s1. The molecule has 5 aromatic heterocycles. The molecule has 3 aliphatic rings. The number of hydrogen-bond donors (Lipinski definition) is 4. The highest BCUT2D eigenvalue weighted by Crippen LogP contribution is 2.58. The molecule has 238 valence electrons. The molecule has 0 spiro atoms. The molecular weight excluding hydrogens is 670 g/mol. The van der Waals surface area contributed by atoms with Crippen LogP contribution in [0.1, 0.15) is 25.1 Å². The molecule has 18 nitrogen and oxygen atoms in total. The molecule has 4 N–H and O–H groups in total. The predicted octanol–water partition coefficient (Wildman–Crippen LogP) is 1.96. The monoisotopic (exact) mass is 696 g/mol. The second kappa shape index (κ2) is 10.9. The summed E-state index contributed by atoms with van der Waals surface area (Å²) in [6.45, 7) is -7.87. The van der Waals surface area contributed by atoms with Crippen LogP contribution in [0.5, 0.6) is 0 Å². The van der Waals surface area contributed by atoms with E-state index in [0.29, 0.717) is 29.0 Å². The first kappa shape index (κ1) is 29.6. The fourth-order valence-corrected chi connectivity index (χ4v) is 8.89. The van der Waals surface area contributed by atoms with Crippen molar-refractivity contribution in [1.29, 1.82) is 0 Å². The maximum Gasteiger partial charge on any atom is 0.386 e. The Kier molecular flexibility index (Phi) is 7.18. The summed E-state index contributed by atoms with van der Waals surface area (Å²) >= 11 is 9.62. The summed E-state index contributed by atoms with van der Waals surface area (Å²) < 4.78 is 47.6. The highest BCUT2D eigenvalue weighted by Gasteiger charge is 2.47. The third-order valence-electron chi connectivity index (χ3n) is 8.52. The van der Waals surface area contributed by atoms with Crippen molar-refractivity contribution in [2.45, 2.75) is 37.3 Å². The Morgan fingerprint density at radius 2 is 1.82 bits per heavy atom. The van der Waals surface area contributed by atoms with Gasteiger partial charge < -0.3 is 38.5 Å². The van der Waals surface area contributed by atoms with Crippen LogP contribution >= 0.6 is 25.8 Å². The zero-order chi connectivity index (χ0) is 31.1. The van der Waals surface area contributed by atoms with Crippen molar-refractivity contribution in [2.24, 2.45) is 11.8 Å². The Morgan fingerprint density at radius 1 is 1.02 bits per heavy atom. The van der Waals surface area contributed by atoms with E-state index < -0.39 is 32.0 Å². The summed E-state index contributed by atoms with van der Waals surface area (Å²) in [5, 5.41) is 0. The summed E-state index contributed by atoms with van der Waals surface area (Å²) in [5.41, 5.74) is 7.21. The van der Waals surface area contributed by atoms with E-state index in [1.54, 1.807) is 17.1 Å². The minimum absolute atomic E-state index is 0.0239. The smallest absolute Gasteiger partial charge is 0.382 e. The lowest BCUT2D eigenvalue weighted by molar-refractivity contribution is -0.0375. The van der Waals surface area contributed by atoms with E-state index >= 15 is 0 Å². The molecule has 0 radical (unpaired) electrons. The van der Waals surface area contributed by atoms with Gasteiger partial charge in [-0.05, 0) is 24.1 Å². The van der Waals surface area contributed by atoms with Crippen LogP contribution in [0, 0.1) is 11.8 Å².